The quantitative estimate of drug-likeness (QED) is 0.829. The van der Waals surface area contributed by atoms with E-state index < -0.39 is 0 Å². The van der Waals surface area contributed by atoms with E-state index in [4.69, 9.17) is 0 Å². The van der Waals surface area contributed by atoms with Gasteiger partial charge in [-0.2, -0.15) is 0 Å². The summed E-state index contributed by atoms with van der Waals surface area (Å²) in [6, 6.07) is 5.22. The molecule has 1 aliphatic heterocycles. The number of likely N-dealkylation sites (tertiary alicyclic amines) is 1. The summed E-state index contributed by atoms with van der Waals surface area (Å²) in [6.45, 7) is 7.89. The number of phenols is 1. The van der Waals surface area contributed by atoms with Crippen LogP contribution in [-0.4, -0.2) is 29.0 Å². The summed E-state index contributed by atoms with van der Waals surface area (Å²) in [4.78, 5) is 14.2. The van der Waals surface area contributed by atoms with Gasteiger partial charge in [-0.15, -0.1) is 0 Å². The third-order valence-corrected chi connectivity index (χ3v) is 4.00. The van der Waals surface area contributed by atoms with E-state index in [9.17, 15) is 9.90 Å². The lowest BCUT2D eigenvalue weighted by Crippen LogP contribution is -2.42. The second kappa shape index (κ2) is 5.01. The number of phenolic OH excluding ortho intramolecular Hbond substituents is 1. The Morgan fingerprint density at radius 3 is 2.67 bits per heavy atom. The SMILES string of the molecule is Cc1ccc(C(=O)N2CCC(C)C(C)C2)c(O)c1. The summed E-state index contributed by atoms with van der Waals surface area (Å²) in [5.74, 6) is 1.23. The number of hydrogen-bond donors (Lipinski definition) is 1. The molecule has 3 heteroatoms. The number of carbonyl (C=O) groups excluding carboxylic acids is 1. The summed E-state index contributed by atoms with van der Waals surface area (Å²) >= 11 is 0. The van der Waals surface area contributed by atoms with Crippen LogP contribution in [0.2, 0.25) is 0 Å². The van der Waals surface area contributed by atoms with E-state index in [0.717, 1.165) is 25.1 Å². The van der Waals surface area contributed by atoms with Gasteiger partial charge in [-0.25, -0.2) is 0 Å². The van der Waals surface area contributed by atoms with E-state index in [1.807, 2.05) is 17.9 Å². The van der Waals surface area contributed by atoms with Gasteiger partial charge in [-0.05, 0) is 42.9 Å². The Kier molecular flexibility index (Phi) is 3.60. The van der Waals surface area contributed by atoms with Gasteiger partial charge in [0, 0.05) is 13.1 Å². The van der Waals surface area contributed by atoms with Crippen molar-refractivity contribution in [2.75, 3.05) is 13.1 Å². The molecule has 2 atom stereocenters. The highest BCUT2D eigenvalue weighted by atomic mass is 16.3. The number of aryl methyl sites for hydroxylation is 1. The summed E-state index contributed by atoms with van der Waals surface area (Å²) in [6.07, 6.45) is 1.04. The Labute approximate surface area is 108 Å². The Bertz CT molecular complexity index is 456. The first-order chi connectivity index (χ1) is 8.49. The van der Waals surface area contributed by atoms with Crippen molar-refractivity contribution >= 4 is 5.91 Å². The fraction of sp³-hybridized carbons (Fsp3) is 0.533. The van der Waals surface area contributed by atoms with Crippen molar-refractivity contribution in [3.05, 3.63) is 29.3 Å². The third kappa shape index (κ3) is 2.50. The molecule has 0 aliphatic carbocycles. The number of piperidine rings is 1. The molecular weight excluding hydrogens is 226 g/mol. The zero-order valence-electron chi connectivity index (χ0n) is 11.3. The van der Waals surface area contributed by atoms with E-state index in [0.29, 0.717) is 17.4 Å². The van der Waals surface area contributed by atoms with E-state index in [2.05, 4.69) is 13.8 Å². The normalized spacial score (nSPS) is 24.1. The van der Waals surface area contributed by atoms with Gasteiger partial charge in [0.15, 0.2) is 0 Å². The van der Waals surface area contributed by atoms with Crippen LogP contribution in [0.4, 0.5) is 0 Å². The molecule has 1 saturated heterocycles. The number of benzene rings is 1. The maximum Gasteiger partial charge on any atom is 0.257 e. The topological polar surface area (TPSA) is 40.5 Å². The zero-order chi connectivity index (χ0) is 13.3. The van der Waals surface area contributed by atoms with Crippen molar-refractivity contribution in [3.63, 3.8) is 0 Å². The van der Waals surface area contributed by atoms with Crippen LogP contribution < -0.4 is 0 Å². The predicted octanol–water partition coefficient (Wildman–Crippen LogP) is 2.82. The number of nitrogens with zero attached hydrogens (tertiary/aromatic N) is 1. The molecule has 0 bridgehead atoms. The molecule has 0 spiro atoms. The molecule has 3 nitrogen and oxygen atoms in total. The van der Waals surface area contributed by atoms with E-state index in [1.54, 1.807) is 12.1 Å². The van der Waals surface area contributed by atoms with Gasteiger partial charge >= 0.3 is 0 Å². The fourth-order valence-electron chi connectivity index (χ4n) is 2.44. The highest BCUT2D eigenvalue weighted by molar-refractivity contribution is 5.97. The maximum atomic E-state index is 12.4. The van der Waals surface area contributed by atoms with Crippen LogP contribution in [0.1, 0.15) is 36.2 Å². The molecule has 1 N–H and O–H groups in total. The molecule has 1 aromatic carbocycles. The molecule has 1 fully saturated rings. The van der Waals surface area contributed by atoms with Crippen molar-refractivity contribution in [1.29, 1.82) is 0 Å². The van der Waals surface area contributed by atoms with Crippen molar-refractivity contribution in [2.45, 2.75) is 27.2 Å². The summed E-state index contributed by atoms with van der Waals surface area (Å²) in [5, 5.41) is 9.86. The van der Waals surface area contributed by atoms with Crippen LogP contribution in [-0.2, 0) is 0 Å². The van der Waals surface area contributed by atoms with Crippen LogP contribution in [0.3, 0.4) is 0 Å². The van der Waals surface area contributed by atoms with Gasteiger partial charge in [-0.3, -0.25) is 4.79 Å². The Balaban J connectivity index is 2.16. The van der Waals surface area contributed by atoms with Crippen LogP contribution in [0.15, 0.2) is 18.2 Å². The number of aromatic hydroxyl groups is 1. The summed E-state index contributed by atoms with van der Waals surface area (Å²) in [5.41, 5.74) is 1.38. The Morgan fingerprint density at radius 2 is 2.06 bits per heavy atom. The second-order valence-electron chi connectivity index (χ2n) is 5.52. The number of hydrogen-bond acceptors (Lipinski definition) is 2. The maximum absolute atomic E-state index is 12.4. The lowest BCUT2D eigenvalue weighted by Gasteiger charge is -2.35. The number of carbonyl (C=O) groups is 1. The first-order valence-corrected chi connectivity index (χ1v) is 6.58. The van der Waals surface area contributed by atoms with Gasteiger partial charge in [0.1, 0.15) is 5.75 Å². The van der Waals surface area contributed by atoms with E-state index >= 15 is 0 Å². The lowest BCUT2D eigenvalue weighted by atomic mass is 9.88. The first kappa shape index (κ1) is 12.9. The van der Waals surface area contributed by atoms with Crippen molar-refractivity contribution in [1.82, 2.24) is 4.90 Å². The molecular formula is C15H21NO2. The average Bonchev–Trinajstić information content (AvgIpc) is 2.32. The van der Waals surface area contributed by atoms with Crippen molar-refractivity contribution < 1.29 is 9.90 Å². The highest BCUT2D eigenvalue weighted by Gasteiger charge is 2.27. The van der Waals surface area contributed by atoms with E-state index in [1.165, 1.54) is 0 Å². The Hall–Kier alpha value is -1.51. The molecule has 1 aliphatic rings. The third-order valence-electron chi connectivity index (χ3n) is 4.00. The molecule has 2 unspecified atom stereocenters. The molecule has 1 heterocycles. The summed E-state index contributed by atoms with van der Waals surface area (Å²) in [7, 11) is 0. The van der Waals surface area contributed by atoms with Crippen molar-refractivity contribution in [2.24, 2.45) is 11.8 Å². The van der Waals surface area contributed by atoms with Gasteiger partial charge in [0.05, 0.1) is 5.56 Å². The fourth-order valence-corrected chi connectivity index (χ4v) is 2.44. The largest absolute Gasteiger partial charge is 0.507 e. The van der Waals surface area contributed by atoms with Crippen LogP contribution in [0, 0.1) is 18.8 Å². The predicted molar refractivity (Wildman–Crippen MR) is 71.7 cm³/mol. The number of rotatable bonds is 1. The first-order valence-electron chi connectivity index (χ1n) is 6.58. The average molecular weight is 247 g/mol. The van der Waals surface area contributed by atoms with Crippen LogP contribution in [0.25, 0.3) is 0 Å². The summed E-state index contributed by atoms with van der Waals surface area (Å²) < 4.78 is 0. The molecule has 1 aromatic rings. The van der Waals surface area contributed by atoms with Crippen molar-refractivity contribution in [3.8, 4) is 5.75 Å². The minimum absolute atomic E-state index is 0.0498. The molecule has 1 amide bonds. The van der Waals surface area contributed by atoms with Gasteiger partial charge in [0.2, 0.25) is 0 Å². The monoisotopic (exact) mass is 247 g/mol. The minimum Gasteiger partial charge on any atom is -0.507 e. The molecule has 0 saturated carbocycles. The highest BCUT2D eigenvalue weighted by Crippen LogP contribution is 2.26. The zero-order valence-corrected chi connectivity index (χ0v) is 11.3. The van der Waals surface area contributed by atoms with Gasteiger partial charge in [0.25, 0.3) is 5.91 Å². The molecule has 0 radical (unpaired) electrons. The Morgan fingerprint density at radius 1 is 1.33 bits per heavy atom. The lowest BCUT2D eigenvalue weighted by molar-refractivity contribution is 0.0624. The molecule has 0 aromatic heterocycles. The molecule has 2 rings (SSSR count). The standard InChI is InChI=1S/C15H21NO2/c1-10-4-5-13(14(17)8-10)15(18)16-7-6-11(2)12(3)9-16/h4-5,8,11-12,17H,6-7,9H2,1-3H3. The van der Waals surface area contributed by atoms with Crippen LogP contribution >= 0.6 is 0 Å². The second-order valence-corrected chi connectivity index (χ2v) is 5.52. The molecule has 98 valence electrons. The smallest absolute Gasteiger partial charge is 0.257 e. The minimum atomic E-state index is -0.0498. The van der Waals surface area contributed by atoms with E-state index in [-0.39, 0.29) is 11.7 Å². The molecule has 18 heavy (non-hydrogen) atoms. The number of amides is 1. The van der Waals surface area contributed by atoms with Crippen LogP contribution in [0.5, 0.6) is 5.75 Å². The van der Waals surface area contributed by atoms with Gasteiger partial charge in [-0.1, -0.05) is 19.9 Å². The van der Waals surface area contributed by atoms with Gasteiger partial charge < -0.3 is 10.0 Å².